The zero-order chi connectivity index (χ0) is 21.5. The molecule has 1 heterocycles. The minimum absolute atomic E-state index is 0.146. The molecule has 9 heteroatoms. The van der Waals surface area contributed by atoms with Crippen LogP contribution in [0, 0.1) is 12.7 Å². The van der Waals surface area contributed by atoms with Gasteiger partial charge in [-0.05, 0) is 73.2 Å². The van der Waals surface area contributed by atoms with Crippen LogP contribution in [0.2, 0.25) is 0 Å². The van der Waals surface area contributed by atoms with Gasteiger partial charge in [0.2, 0.25) is 5.91 Å². The minimum Gasteiger partial charge on any atom is -0.490 e. The summed E-state index contributed by atoms with van der Waals surface area (Å²) in [5, 5.41) is 13.7. The van der Waals surface area contributed by atoms with Crippen LogP contribution in [0.5, 0.6) is 11.5 Å². The first-order valence-corrected chi connectivity index (χ1v) is 9.45. The third kappa shape index (κ3) is 4.99. The van der Waals surface area contributed by atoms with Gasteiger partial charge in [0.15, 0.2) is 17.3 Å². The van der Waals surface area contributed by atoms with Crippen molar-refractivity contribution in [2.45, 2.75) is 20.8 Å². The molecule has 0 aliphatic heterocycles. The number of carbonyl (C=O) groups excluding carboxylic acids is 1. The van der Waals surface area contributed by atoms with Gasteiger partial charge in [0.25, 0.3) is 0 Å². The highest BCUT2D eigenvalue weighted by molar-refractivity contribution is 6.02. The lowest BCUT2D eigenvalue weighted by Gasteiger charge is -2.11. The number of aromatic nitrogens is 4. The van der Waals surface area contributed by atoms with Crippen molar-refractivity contribution >= 4 is 17.7 Å². The summed E-state index contributed by atoms with van der Waals surface area (Å²) in [7, 11) is 0. The van der Waals surface area contributed by atoms with E-state index < -0.39 is 5.82 Å². The maximum atomic E-state index is 14.1. The standard InChI is InChI=1S/C21H22FN5O3/c1-4-29-19-10-6-15(12-20(19)30-5-2)7-11-21(28)23-16-8-9-17(22)18(13-16)27-14(3)24-25-26-27/h6-13H,4-5H2,1-3H3,(H,23,28)/b11-7+. The van der Waals surface area contributed by atoms with Crippen LogP contribution in [0.4, 0.5) is 10.1 Å². The summed E-state index contributed by atoms with van der Waals surface area (Å²) in [5.41, 5.74) is 1.34. The van der Waals surface area contributed by atoms with Crippen LogP contribution in [0.25, 0.3) is 11.8 Å². The van der Waals surface area contributed by atoms with Gasteiger partial charge in [-0.2, -0.15) is 4.68 Å². The van der Waals surface area contributed by atoms with Crippen molar-refractivity contribution in [3.63, 3.8) is 0 Å². The molecule has 0 bridgehead atoms. The predicted molar refractivity (Wildman–Crippen MR) is 110 cm³/mol. The second-order valence-electron chi connectivity index (χ2n) is 6.20. The van der Waals surface area contributed by atoms with Gasteiger partial charge in [-0.3, -0.25) is 4.79 Å². The Balaban J connectivity index is 1.74. The largest absolute Gasteiger partial charge is 0.490 e. The highest BCUT2D eigenvalue weighted by Crippen LogP contribution is 2.29. The zero-order valence-electron chi connectivity index (χ0n) is 16.9. The van der Waals surface area contributed by atoms with Crippen LogP contribution in [-0.4, -0.2) is 39.3 Å². The van der Waals surface area contributed by atoms with Crippen molar-refractivity contribution in [1.82, 2.24) is 20.2 Å². The fourth-order valence-corrected chi connectivity index (χ4v) is 2.73. The van der Waals surface area contributed by atoms with Crippen molar-refractivity contribution in [3.8, 4) is 17.2 Å². The van der Waals surface area contributed by atoms with E-state index in [1.807, 2.05) is 19.9 Å². The Morgan fingerprint density at radius 3 is 2.60 bits per heavy atom. The zero-order valence-corrected chi connectivity index (χ0v) is 16.9. The summed E-state index contributed by atoms with van der Waals surface area (Å²) >= 11 is 0. The maximum absolute atomic E-state index is 14.1. The topological polar surface area (TPSA) is 91.2 Å². The first kappa shape index (κ1) is 21.0. The summed E-state index contributed by atoms with van der Waals surface area (Å²) in [6, 6.07) is 9.61. The molecule has 1 amide bonds. The fraction of sp³-hybridized carbons (Fsp3) is 0.238. The van der Waals surface area contributed by atoms with E-state index in [4.69, 9.17) is 9.47 Å². The van der Waals surface area contributed by atoms with E-state index in [0.29, 0.717) is 36.2 Å². The molecule has 0 saturated heterocycles. The van der Waals surface area contributed by atoms with E-state index in [2.05, 4.69) is 20.8 Å². The molecule has 0 fully saturated rings. The normalized spacial score (nSPS) is 10.9. The number of ether oxygens (including phenoxy) is 2. The number of hydrogen-bond donors (Lipinski definition) is 1. The molecule has 0 unspecified atom stereocenters. The van der Waals surface area contributed by atoms with Crippen LogP contribution in [-0.2, 0) is 4.79 Å². The van der Waals surface area contributed by atoms with E-state index >= 15 is 0 Å². The third-order valence-corrected chi connectivity index (χ3v) is 4.06. The Morgan fingerprint density at radius 2 is 1.90 bits per heavy atom. The van der Waals surface area contributed by atoms with Crippen LogP contribution < -0.4 is 14.8 Å². The average Bonchev–Trinajstić information content (AvgIpc) is 3.15. The average molecular weight is 411 g/mol. The lowest BCUT2D eigenvalue weighted by Crippen LogP contribution is -2.09. The van der Waals surface area contributed by atoms with Gasteiger partial charge in [-0.1, -0.05) is 6.07 Å². The lowest BCUT2D eigenvalue weighted by molar-refractivity contribution is -0.111. The number of hydrogen-bond acceptors (Lipinski definition) is 6. The number of anilines is 1. The molecule has 0 radical (unpaired) electrons. The van der Waals surface area contributed by atoms with Crippen molar-refractivity contribution in [2.75, 3.05) is 18.5 Å². The van der Waals surface area contributed by atoms with E-state index in [0.717, 1.165) is 5.56 Å². The number of benzene rings is 2. The van der Waals surface area contributed by atoms with Gasteiger partial charge in [0.05, 0.1) is 13.2 Å². The maximum Gasteiger partial charge on any atom is 0.248 e. The molecule has 30 heavy (non-hydrogen) atoms. The van der Waals surface area contributed by atoms with E-state index in [9.17, 15) is 9.18 Å². The Hall–Kier alpha value is -3.75. The summed E-state index contributed by atoms with van der Waals surface area (Å²) < 4.78 is 26.5. The molecule has 2 aromatic carbocycles. The Bertz CT molecular complexity index is 1060. The molecule has 1 aromatic heterocycles. The quantitative estimate of drug-likeness (QED) is 0.570. The highest BCUT2D eigenvalue weighted by Gasteiger charge is 2.11. The first-order valence-electron chi connectivity index (χ1n) is 9.45. The molecule has 0 aliphatic carbocycles. The Labute approximate surface area is 173 Å². The molecule has 3 aromatic rings. The smallest absolute Gasteiger partial charge is 0.248 e. The van der Waals surface area contributed by atoms with Crippen LogP contribution in [0.15, 0.2) is 42.5 Å². The number of nitrogens with one attached hydrogen (secondary N) is 1. The van der Waals surface area contributed by atoms with Crippen LogP contribution in [0.3, 0.4) is 0 Å². The molecule has 8 nitrogen and oxygen atoms in total. The van der Waals surface area contributed by atoms with Crippen molar-refractivity contribution in [2.24, 2.45) is 0 Å². The molecule has 0 atom stereocenters. The molecular formula is C21H22FN5O3. The number of tetrazole rings is 1. The number of carbonyl (C=O) groups is 1. The van der Waals surface area contributed by atoms with E-state index in [1.54, 1.807) is 25.1 Å². The van der Waals surface area contributed by atoms with Gasteiger partial charge >= 0.3 is 0 Å². The third-order valence-electron chi connectivity index (χ3n) is 4.06. The Morgan fingerprint density at radius 1 is 1.13 bits per heavy atom. The number of amides is 1. The fourth-order valence-electron chi connectivity index (χ4n) is 2.73. The number of rotatable bonds is 8. The molecular weight excluding hydrogens is 389 g/mol. The van der Waals surface area contributed by atoms with Gasteiger partial charge in [0.1, 0.15) is 11.5 Å². The lowest BCUT2D eigenvalue weighted by atomic mass is 10.2. The highest BCUT2D eigenvalue weighted by atomic mass is 19.1. The molecule has 1 N–H and O–H groups in total. The second-order valence-corrected chi connectivity index (χ2v) is 6.20. The van der Waals surface area contributed by atoms with Crippen molar-refractivity contribution in [3.05, 3.63) is 59.7 Å². The molecule has 156 valence electrons. The number of halogens is 1. The van der Waals surface area contributed by atoms with Crippen molar-refractivity contribution < 1.29 is 18.7 Å². The summed E-state index contributed by atoms with van der Waals surface area (Å²) in [6.07, 6.45) is 3.04. The Kier molecular flexibility index (Phi) is 6.74. The van der Waals surface area contributed by atoms with E-state index in [1.165, 1.54) is 29.0 Å². The van der Waals surface area contributed by atoms with Crippen LogP contribution >= 0.6 is 0 Å². The molecule has 0 saturated carbocycles. The van der Waals surface area contributed by atoms with E-state index in [-0.39, 0.29) is 11.6 Å². The van der Waals surface area contributed by atoms with Gasteiger partial charge in [0, 0.05) is 11.8 Å². The molecule has 3 rings (SSSR count). The second kappa shape index (κ2) is 9.64. The van der Waals surface area contributed by atoms with Crippen LogP contribution in [0.1, 0.15) is 25.2 Å². The van der Waals surface area contributed by atoms with Gasteiger partial charge < -0.3 is 14.8 Å². The summed E-state index contributed by atoms with van der Waals surface area (Å²) in [6.45, 7) is 6.47. The summed E-state index contributed by atoms with van der Waals surface area (Å²) in [5.74, 6) is 0.821. The monoisotopic (exact) mass is 411 g/mol. The van der Waals surface area contributed by atoms with Gasteiger partial charge in [-0.15, -0.1) is 5.10 Å². The molecule has 0 aliphatic rings. The predicted octanol–water partition coefficient (Wildman–Crippen LogP) is 3.56. The number of nitrogens with zero attached hydrogens (tertiary/aromatic N) is 4. The first-order chi connectivity index (χ1) is 14.5. The molecule has 0 spiro atoms. The SMILES string of the molecule is CCOc1ccc(/C=C/C(=O)Nc2ccc(F)c(-n3nnnc3C)c2)cc1OCC. The minimum atomic E-state index is -0.503. The summed E-state index contributed by atoms with van der Waals surface area (Å²) in [4.78, 5) is 12.3. The van der Waals surface area contributed by atoms with Gasteiger partial charge in [-0.25, -0.2) is 4.39 Å². The number of aryl methyl sites for hydroxylation is 1. The van der Waals surface area contributed by atoms with Crippen molar-refractivity contribution in [1.29, 1.82) is 0 Å².